The number of nitrogens with zero attached hydrogens (tertiary/aromatic N) is 1. The Morgan fingerprint density at radius 3 is 2.61 bits per heavy atom. The molecule has 1 aromatic carbocycles. The fourth-order valence-electron chi connectivity index (χ4n) is 1.57. The minimum Gasteiger partial charge on any atom is -0.388 e. The summed E-state index contributed by atoms with van der Waals surface area (Å²) in [5, 5.41) is 17.0. The van der Waals surface area contributed by atoms with Gasteiger partial charge in [-0.1, -0.05) is 6.92 Å². The molecule has 6 heteroatoms. The number of nitrogens with one attached hydrogen (secondary N) is 2. The number of hydrogen-bond acceptors (Lipinski definition) is 5. The zero-order valence-electron chi connectivity index (χ0n) is 10.9. The van der Waals surface area contributed by atoms with E-state index in [9.17, 15) is 10.1 Å². The number of rotatable bonds is 7. The van der Waals surface area contributed by atoms with Crippen LogP contribution in [0.2, 0.25) is 0 Å². The Bertz CT molecular complexity index is 412. The van der Waals surface area contributed by atoms with Gasteiger partial charge in [0.1, 0.15) is 0 Å². The highest BCUT2D eigenvalue weighted by Gasteiger charge is 2.10. The molecule has 1 atom stereocenters. The molecule has 0 aliphatic rings. The quantitative estimate of drug-likeness (QED) is 0.588. The summed E-state index contributed by atoms with van der Waals surface area (Å²) >= 11 is 1.84. The van der Waals surface area contributed by atoms with Crippen LogP contribution in [0, 0.1) is 10.1 Å². The molecule has 0 aromatic heterocycles. The molecule has 100 valence electrons. The molecule has 0 radical (unpaired) electrons. The molecule has 2 N–H and O–H groups in total. The lowest BCUT2D eigenvalue weighted by Crippen LogP contribution is -2.18. The monoisotopic (exact) mass is 269 g/mol. The summed E-state index contributed by atoms with van der Waals surface area (Å²) in [7, 11) is 1.75. The predicted molar refractivity (Wildman–Crippen MR) is 78.7 cm³/mol. The standard InChI is InChI=1S/C12H19N3O2S/c1-4-18-8-9(2)14-11-5-10(13-3)6-12(7-11)15(16)17/h5-7,9,13-14H,4,8H2,1-3H3. The molecule has 0 spiro atoms. The first-order valence-corrected chi connectivity index (χ1v) is 7.03. The van der Waals surface area contributed by atoms with Gasteiger partial charge in [0.05, 0.1) is 4.92 Å². The summed E-state index contributed by atoms with van der Waals surface area (Å²) in [5.41, 5.74) is 1.61. The maximum absolute atomic E-state index is 10.8. The zero-order valence-corrected chi connectivity index (χ0v) is 11.7. The molecule has 0 aliphatic heterocycles. The van der Waals surface area contributed by atoms with Crippen molar-refractivity contribution in [1.82, 2.24) is 0 Å². The van der Waals surface area contributed by atoms with Crippen molar-refractivity contribution in [2.45, 2.75) is 19.9 Å². The van der Waals surface area contributed by atoms with Gasteiger partial charge in [0, 0.05) is 42.3 Å². The highest BCUT2D eigenvalue weighted by molar-refractivity contribution is 7.99. The number of nitro groups is 1. The van der Waals surface area contributed by atoms with E-state index in [-0.39, 0.29) is 16.7 Å². The second kappa shape index (κ2) is 7.10. The molecule has 0 aliphatic carbocycles. The number of thioether (sulfide) groups is 1. The van der Waals surface area contributed by atoms with E-state index < -0.39 is 0 Å². The van der Waals surface area contributed by atoms with Gasteiger partial charge in [0.2, 0.25) is 0 Å². The number of anilines is 2. The maximum Gasteiger partial charge on any atom is 0.273 e. The number of hydrogen-bond donors (Lipinski definition) is 2. The molecule has 18 heavy (non-hydrogen) atoms. The van der Waals surface area contributed by atoms with Crippen LogP contribution in [0.1, 0.15) is 13.8 Å². The Morgan fingerprint density at radius 1 is 1.39 bits per heavy atom. The van der Waals surface area contributed by atoms with Gasteiger partial charge >= 0.3 is 0 Å². The summed E-state index contributed by atoms with van der Waals surface area (Å²) in [6.07, 6.45) is 0. The first-order valence-electron chi connectivity index (χ1n) is 5.88. The minimum absolute atomic E-state index is 0.0969. The van der Waals surface area contributed by atoms with E-state index in [1.165, 1.54) is 6.07 Å². The first-order chi connectivity index (χ1) is 8.56. The van der Waals surface area contributed by atoms with E-state index in [2.05, 4.69) is 24.5 Å². The minimum atomic E-state index is -0.378. The molecule has 1 unspecified atom stereocenters. The van der Waals surface area contributed by atoms with Crippen LogP contribution in [0.4, 0.5) is 17.1 Å². The predicted octanol–water partition coefficient (Wildman–Crippen LogP) is 3.19. The number of benzene rings is 1. The van der Waals surface area contributed by atoms with E-state index in [0.717, 1.165) is 22.9 Å². The molecule has 0 saturated heterocycles. The van der Waals surface area contributed by atoms with Gasteiger partial charge in [0.25, 0.3) is 5.69 Å². The topological polar surface area (TPSA) is 67.2 Å². The Balaban J connectivity index is 2.81. The summed E-state index contributed by atoms with van der Waals surface area (Å²) in [5.74, 6) is 2.05. The van der Waals surface area contributed by atoms with E-state index in [1.807, 2.05) is 17.8 Å². The second-order valence-electron chi connectivity index (χ2n) is 3.98. The Labute approximate surface area is 111 Å². The largest absolute Gasteiger partial charge is 0.388 e. The smallest absolute Gasteiger partial charge is 0.273 e. The van der Waals surface area contributed by atoms with Crippen LogP contribution in [-0.2, 0) is 0 Å². The third kappa shape index (κ3) is 4.44. The highest BCUT2D eigenvalue weighted by atomic mass is 32.2. The van der Waals surface area contributed by atoms with Crippen LogP contribution in [0.3, 0.4) is 0 Å². The molecule has 0 heterocycles. The molecule has 1 rings (SSSR count). The normalized spacial score (nSPS) is 11.9. The van der Waals surface area contributed by atoms with Crippen molar-refractivity contribution < 1.29 is 4.92 Å². The van der Waals surface area contributed by atoms with Gasteiger partial charge in [-0.2, -0.15) is 11.8 Å². The third-order valence-electron chi connectivity index (χ3n) is 2.40. The van der Waals surface area contributed by atoms with E-state index in [0.29, 0.717) is 0 Å². The lowest BCUT2D eigenvalue weighted by Gasteiger charge is -2.15. The van der Waals surface area contributed by atoms with Crippen LogP contribution < -0.4 is 10.6 Å². The van der Waals surface area contributed by atoms with Gasteiger partial charge in [0.15, 0.2) is 0 Å². The van der Waals surface area contributed by atoms with Gasteiger partial charge < -0.3 is 10.6 Å². The molecule has 0 saturated carbocycles. The average molecular weight is 269 g/mol. The van der Waals surface area contributed by atoms with E-state index in [4.69, 9.17) is 0 Å². The SMILES string of the molecule is CCSCC(C)Nc1cc(NC)cc([N+](=O)[O-])c1. The lowest BCUT2D eigenvalue weighted by molar-refractivity contribution is -0.384. The summed E-state index contributed by atoms with van der Waals surface area (Å²) < 4.78 is 0. The van der Waals surface area contributed by atoms with E-state index >= 15 is 0 Å². The molecule has 1 aromatic rings. The molecule has 0 fully saturated rings. The summed E-state index contributed by atoms with van der Waals surface area (Å²) in [6.45, 7) is 4.18. The summed E-state index contributed by atoms with van der Waals surface area (Å²) in [4.78, 5) is 10.4. The Hall–Kier alpha value is -1.43. The van der Waals surface area contributed by atoms with Crippen molar-refractivity contribution in [3.05, 3.63) is 28.3 Å². The Morgan fingerprint density at radius 2 is 2.06 bits per heavy atom. The van der Waals surface area contributed by atoms with Crippen molar-refractivity contribution in [3.8, 4) is 0 Å². The van der Waals surface area contributed by atoms with Crippen LogP contribution in [0.5, 0.6) is 0 Å². The van der Waals surface area contributed by atoms with Gasteiger partial charge in [-0.15, -0.1) is 0 Å². The van der Waals surface area contributed by atoms with E-state index in [1.54, 1.807) is 13.1 Å². The molecular weight excluding hydrogens is 250 g/mol. The number of nitro benzene ring substituents is 1. The van der Waals surface area contributed by atoms with Gasteiger partial charge in [-0.05, 0) is 18.7 Å². The van der Waals surface area contributed by atoms with Crippen molar-refractivity contribution >= 4 is 28.8 Å². The second-order valence-corrected chi connectivity index (χ2v) is 5.30. The van der Waals surface area contributed by atoms with Crippen LogP contribution >= 0.6 is 11.8 Å². The van der Waals surface area contributed by atoms with Crippen molar-refractivity contribution in [2.24, 2.45) is 0 Å². The summed E-state index contributed by atoms with van der Waals surface area (Å²) in [6, 6.07) is 5.24. The lowest BCUT2D eigenvalue weighted by atomic mass is 10.2. The van der Waals surface area contributed by atoms with Crippen molar-refractivity contribution in [1.29, 1.82) is 0 Å². The fourth-order valence-corrected chi connectivity index (χ4v) is 2.24. The third-order valence-corrected chi connectivity index (χ3v) is 3.55. The van der Waals surface area contributed by atoms with Gasteiger partial charge in [-0.25, -0.2) is 0 Å². The molecule has 0 amide bonds. The molecular formula is C12H19N3O2S. The van der Waals surface area contributed by atoms with Crippen molar-refractivity contribution in [2.75, 3.05) is 29.2 Å². The molecule has 0 bridgehead atoms. The Kier molecular flexibility index (Phi) is 5.77. The average Bonchev–Trinajstić information content (AvgIpc) is 2.35. The number of non-ortho nitro benzene ring substituents is 1. The fraction of sp³-hybridized carbons (Fsp3) is 0.500. The van der Waals surface area contributed by atoms with Crippen LogP contribution in [-0.4, -0.2) is 29.5 Å². The maximum atomic E-state index is 10.8. The zero-order chi connectivity index (χ0) is 13.5. The van der Waals surface area contributed by atoms with Gasteiger partial charge in [-0.3, -0.25) is 10.1 Å². The van der Waals surface area contributed by atoms with Crippen LogP contribution in [0.25, 0.3) is 0 Å². The molecule has 5 nitrogen and oxygen atoms in total. The first kappa shape index (κ1) is 14.6. The highest BCUT2D eigenvalue weighted by Crippen LogP contribution is 2.24. The van der Waals surface area contributed by atoms with Crippen LogP contribution in [0.15, 0.2) is 18.2 Å². The van der Waals surface area contributed by atoms with Crippen molar-refractivity contribution in [3.63, 3.8) is 0 Å².